The van der Waals surface area contributed by atoms with Crippen molar-refractivity contribution >= 4 is 17.2 Å². The number of hydrogen-bond donors (Lipinski definition) is 1. The van der Waals surface area contributed by atoms with Gasteiger partial charge in [0.2, 0.25) is 5.91 Å². The lowest BCUT2D eigenvalue weighted by atomic mass is 10.1. The van der Waals surface area contributed by atoms with Gasteiger partial charge in [-0.1, -0.05) is 12.1 Å². The van der Waals surface area contributed by atoms with Crippen LogP contribution in [0.15, 0.2) is 48.5 Å². The van der Waals surface area contributed by atoms with Crippen LogP contribution in [0.2, 0.25) is 0 Å². The van der Waals surface area contributed by atoms with Crippen LogP contribution in [0.5, 0.6) is 0 Å². The van der Waals surface area contributed by atoms with E-state index in [1.54, 1.807) is 6.92 Å². The summed E-state index contributed by atoms with van der Waals surface area (Å²) in [5.41, 5.74) is -0.607. The van der Waals surface area contributed by atoms with Crippen molar-refractivity contribution in [3.8, 4) is 6.07 Å². The molecule has 0 saturated heterocycles. The molecular formula is C18H12F4N2O. The van der Waals surface area contributed by atoms with Gasteiger partial charge in [-0.3, -0.25) is 4.79 Å². The number of carbonyl (C=O) groups excluding carboxylic acids is 1. The first-order chi connectivity index (χ1) is 11.7. The number of nitrogens with one attached hydrogen (secondary N) is 1. The summed E-state index contributed by atoms with van der Waals surface area (Å²) in [5.74, 6) is -1.06. The highest BCUT2D eigenvalue weighted by molar-refractivity contribution is 6.03. The average Bonchev–Trinajstić information content (AvgIpc) is 2.54. The number of allylic oxidation sites excluding steroid dienone is 1. The summed E-state index contributed by atoms with van der Waals surface area (Å²) in [6.45, 7) is 1.62. The third-order valence-electron chi connectivity index (χ3n) is 3.36. The fourth-order valence-electron chi connectivity index (χ4n) is 2.13. The standard InChI is InChI=1S/C18H12F4N2O/c1-11(12-2-5-14(19)6-3-12)8-17(25)24-15-7-4-13(10-23)16(9-15)18(20,21)22/h2-9H,1H3,(H,24,25)/b11-8+. The van der Waals surface area contributed by atoms with Gasteiger partial charge in [0.05, 0.1) is 17.2 Å². The molecule has 0 spiro atoms. The third-order valence-corrected chi connectivity index (χ3v) is 3.36. The molecule has 1 N–H and O–H groups in total. The van der Waals surface area contributed by atoms with Crippen LogP contribution in [0.25, 0.3) is 5.57 Å². The predicted octanol–water partition coefficient (Wildman–Crippen LogP) is 4.76. The Balaban J connectivity index is 2.22. The lowest BCUT2D eigenvalue weighted by Crippen LogP contribution is -2.12. The minimum absolute atomic E-state index is 0.0838. The zero-order chi connectivity index (χ0) is 18.6. The minimum Gasteiger partial charge on any atom is -0.322 e. The quantitative estimate of drug-likeness (QED) is 0.642. The van der Waals surface area contributed by atoms with Crippen molar-refractivity contribution < 1.29 is 22.4 Å². The van der Waals surface area contributed by atoms with E-state index >= 15 is 0 Å². The van der Waals surface area contributed by atoms with Crippen LogP contribution in [-0.4, -0.2) is 5.91 Å². The summed E-state index contributed by atoms with van der Waals surface area (Å²) < 4.78 is 51.6. The van der Waals surface area contributed by atoms with Gasteiger partial charge in [0.25, 0.3) is 0 Å². The molecule has 2 rings (SSSR count). The zero-order valence-electron chi connectivity index (χ0n) is 13.0. The highest BCUT2D eigenvalue weighted by Gasteiger charge is 2.33. The maximum absolute atomic E-state index is 12.9. The molecule has 7 heteroatoms. The van der Waals surface area contributed by atoms with Crippen molar-refractivity contribution in [1.29, 1.82) is 5.26 Å². The molecular weight excluding hydrogens is 336 g/mol. The van der Waals surface area contributed by atoms with Crippen molar-refractivity contribution in [3.63, 3.8) is 0 Å². The molecule has 0 aromatic heterocycles. The van der Waals surface area contributed by atoms with Gasteiger partial charge in [0.15, 0.2) is 0 Å². The van der Waals surface area contributed by atoms with Crippen molar-refractivity contribution in [2.45, 2.75) is 13.1 Å². The van der Waals surface area contributed by atoms with E-state index in [4.69, 9.17) is 5.26 Å². The lowest BCUT2D eigenvalue weighted by molar-refractivity contribution is -0.137. The van der Waals surface area contributed by atoms with Gasteiger partial charge in [0, 0.05) is 11.8 Å². The number of hydrogen-bond acceptors (Lipinski definition) is 2. The summed E-state index contributed by atoms with van der Waals surface area (Å²) in [7, 11) is 0. The lowest BCUT2D eigenvalue weighted by Gasteiger charge is -2.11. The molecule has 2 aromatic carbocycles. The second kappa shape index (κ2) is 7.18. The molecule has 0 heterocycles. The first-order valence-electron chi connectivity index (χ1n) is 7.07. The largest absolute Gasteiger partial charge is 0.417 e. The number of nitrogens with zero attached hydrogens (tertiary/aromatic N) is 1. The summed E-state index contributed by atoms with van der Waals surface area (Å²) in [6.07, 6.45) is -3.51. The van der Waals surface area contributed by atoms with Gasteiger partial charge >= 0.3 is 6.18 Å². The number of anilines is 1. The number of carbonyl (C=O) groups is 1. The second-order valence-electron chi connectivity index (χ2n) is 5.19. The molecule has 0 fully saturated rings. The maximum Gasteiger partial charge on any atom is 0.417 e. The van der Waals surface area contributed by atoms with Gasteiger partial charge < -0.3 is 5.32 Å². The minimum atomic E-state index is -4.70. The molecule has 2 aromatic rings. The highest BCUT2D eigenvalue weighted by Crippen LogP contribution is 2.33. The van der Waals surface area contributed by atoms with Crippen LogP contribution in [0.4, 0.5) is 23.2 Å². The molecule has 0 aliphatic rings. The molecule has 1 amide bonds. The predicted molar refractivity (Wildman–Crippen MR) is 84.8 cm³/mol. The maximum atomic E-state index is 12.9. The SMILES string of the molecule is C/C(=C\C(=O)Nc1ccc(C#N)c(C(F)(F)F)c1)c1ccc(F)cc1. The molecule has 0 atom stereocenters. The number of benzene rings is 2. The Morgan fingerprint density at radius 3 is 2.36 bits per heavy atom. The van der Waals surface area contributed by atoms with Crippen LogP contribution >= 0.6 is 0 Å². The Kier molecular flexibility index (Phi) is 5.22. The summed E-state index contributed by atoms with van der Waals surface area (Å²) in [6, 6.07) is 9.82. The first kappa shape index (κ1) is 18.2. The number of amides is 1. The Hall–Kier alpha value is -3.14. The fraction of sp³-hybridized carbons (Fsp3) is 0.111. The Morgan fingerprint density at radius 2 is 1.80 bits per heavy atom. The molecule has 0 unspecified atom stereocenters. The van der Waals surface area contributed by atoms with Gasteiger partial charge in [-0.15, -0.1) is 0 Å². The van der Waals surface area contributed by atoms with E-state index in [0.717, 1.165) is 6.07 Å². The van der Waals surface area contributed by atoms with Gasteiger partial charge in [-0.05, 0) is 48.4 Å². The normalized spacial score (nSPS) is 11.8. The van der Waals surface area contributed by atoms with E-state index < -0.39 is 29.0 Å². The van der Waals surface area contributed by atoms with Crippen LogP contribution in [-0.2, 0) is 11.0 Å². The number of rotatable bonds is 3. The molecule has 0 aliphatic heterocycles. The average molecular weight is 348 g/mol. The Bertz CT molecular complexity index is 862. The summed E-state index contributed by atoms with van der Waals surface area (Å²) >= 11 is 0. The van der Waals surface area contributed by atoms with Gasteiger partial charge in [-0.25, -0.2) is 4.39 Å². The highest BCUT2D eigenvalue weighted by atomic mass is 19.4. The van der Waals surface area contributed by atoms with E-state index in [2.05, 4.69) is 5.32 Å². The van der Waals surface area contributed by atoms with Crippen LogP contribution < -0.4 is 5.32 Å². The van der Waals surface area contributed by atoms with Crippen molar-refractivity contribution in [3.05, 3.63) is 71.0 Å². The van der Waals surface area contributed by atoms with Crippen molar-refractivity contribution in [2.75, 3.05) is 5.32 Å². The molecule has 0 aliphatic carbocycles. The Labute approximate surface area is 141 Å². The van der Waals surface area contributed by atoms with E-state index in [-0.39, 0.29) is 5.69 Å². The third kappa shape index (κ3) is 4.67. The molecule has 0 saturated carbocycles. The molecule has 0 bridgehead atoms. The molecule has 0 radical (unpaired) electrons. The monoisotopic (exact) mass is 348 g/mol. The Morgan fingerprint density at radius 1 is 1.16 bits per heavy atom. The van der Waals surface area contributed by atoms with Gasteiger partial charge in [-0.2, -0.15) is 18.4 Å². The number of halogens is 4. The van der Waals surface area contributed by atoms with Crippen LogP contribution in [0, 0.1) is 17.1 Å². The van der Waals surface area contributed by atoms with Crippen molar-refractivity contribution in [2.24, 2.45) is 0 Å². The summed E-state index contributed by atoms with van der Waals surface area (Å²) in [5, 5.41) is 11.1. The van der Waals surface area contributed by atoms with E-state index in [9.17, 15) is 22.4 Å². The topological polar surface area (TPSA) is 52.9 Å². The first-order valence-corrected chi connectivity index (χ1v) is 7.07. The molecule has 25 heavy (non-hydrogen) atoms. The summed E-state index contributed by atoms with van der Waals surface area (Å²) in [4.78, 5) is 12.0. The molecule has 3 nitrogen and oxygen atoms in total. The van der Waals surface area contributed by atoms with Gasteiger partial charge in [0.1, 0.15) is 5.82 Å². The van der Waals surface area contributed by atoms with E-state index in [0.29, 0.717) is 17.2 Å². The zero-order valence-corrected chi connectivity index (χ0v) is 13.0. The number of nitriles is 1. The second-order valence-corrected chi connectivity index (χ2v) is 5.19. The van der Waals surface area contributed by atoms with Crippen LogP contribution in [0.1, 0.15) is 23.6 Å². The number of alkyl halides is 3. The van der Waals surface area contributed by atoms with E-state index in [1.165, 1.54) is 42.5 Å². The van der Waals surface area contributed by atoms with E-state index in [1.807, 2.05) is 0 Å². The fourth-order valence-corrected chi connectivity index (χ4v) is 2.13. The smallest absolute Gasteiger partial charge is 0.322 e. The van der Waals surface area contributed by atoms with Crippen molar-refractivity contribution in [1.82, 2.24) is 0 Å². The molecule has 128 valence electrons. The van der Waals surface area contributed by atoms with Crippen LogP contribution in [0.3, 0.4) is 0 Å².